The average molecular weight is 432 g/mol. The van der Waals surface area contributed by atoms with Crippen LogP contribution in [-0.2, 0) is 9.59 Å². The van der Waals surface area contributed by atoms with Crippen LogP contribution in [0.1, 0.15) is 17.5 Å². The number of rotatable bonds is 5. The van der Waals surface area contributed by atoms with Crippen LogP contribution in [0.25, 0.3) is 0 Å². The molecule has 0 bridgehead atoms. The van der Waals surface area contributed by atoms with Crippen molar-refractivity contribution >= 4 is 51.7 Å². The molecule has 1 aliphatic rings. The number of ether oxygens (including phenoxy) is 1. The number of nitrogens with zero attached hydrogens (tertiary/aromatic N) is 2. The number of amidine groups is 1. The van der Waals surface area contributed by atoms with E-state index in [1.54, 1.807) is 32.4 Å². The van der Waals surface area contributed by atoms with Crippen molar-refractivity contribution in [2.75, 3.05) is 19.5 Å². The molecule has 6 nitrogen and oxygen atoms in total. The van der Waals surface area contributed by atoms with Crippen LogP contribution in [0.3, 0.4) is 0 Å². The Hall–Kier alpha value is -2.51. The van der Waals surface area contributed by atoms with Crippen molar-refractivity contribution in [3.63, 3.8) is 0 Å². The van der Waals surface area contributed by atoms with Gasteiger partial charge in [0.25, 0.3) is 0 Å². The van der Waals surface area contributed by atoms with Gasteiger partial charge >= 0.3 is 0 Å². The van der Waals surface area contributed by atoms with Crippen molar-refractivity contribution in [1.29, 1.82) is 0 Å². The quantitative estimate of drug-likeness (QED) is 0.753. The van der Waals surface area contributed by atoms with E-state index in [0.29, 0.717) is 21.6 Å². The maximum Gasteiger partial charge on any atom is 0.242 e. The molecular weight excluding hydrogens is 410 g/mol. The standard InChI is InChI=1S/C21H22ClN3O3S/c1-12-5-7-15(9-13(12)2)23-19(26)11-18-20(27)25(3)21(29-18)24-16-10-14(22)6-8-17(16)28-4/h5-10,18H,11H2,1-4H3,(H,23,26)/t18-/m1/s1. The van der Waals surface area contributed by atoms with Crippen LogP contribution in [-0.4, -0.2) is 41.3 Å². The normalized spacial score (nSPS) is 17.7. The molecule has 152 valence electrons. The van der Waals surface area contributed by atoms with E-state index in [1.165, 1.54) is 16.7 Å². The predicted octanol–water partition coefficient (Wildman–Crippen LogP) is 4.56. The minimum absolute atomic E-state index is 0.0620. The molecule has 0 saturated carbocycles. The minimum Gasteiger partial charge on any atom is -0.494 e. The lowest BCUT2D eigenvalue weighted by atomic mass is 10.1. The van der Waals surface area contributed by atoms with E-state index in [1.807, 2.05) is 32.0 Å². The Morgan fingerprint density at radius 1 is 1.24 bits per heavy atom. The molecule has 29 heavy (non-hydrogen) atoms. The molecule has 1 saturated heterocycles. The third-order valence-corrected chi connectivity index (χ3v) is 6.12. The number of amides is 2. The number of methoxy groups -OCH3 is 1. The third-order valence-electron chi connectivity index (χ3n) is 4.66. The monoisotopic (exact) mass is 431 g/mol. The van der Waals surface area contributed by atoms with E-state index >= 15 is 0 Å². The zero-order valence-electron chi connectivity index (χ0n) is 16.7. The lowest BCUT2D eigenvalue weighted by Crippen LogP contribution is -2.30. The van der Waals surface area contributed by atoms with Gasteiger partial charge in [0.05, 0.1) is 7.11 Å². The Labute approximate surface area is 179 Å². The molecule has 1 fully saturated rings. The highest BCUT2D eigenvalue weighted by atomic mass is 35.5. The van der Waals surface area contributed by atoms with Crippen LogP contribution < -0.4 is 10.1 Å². The van der Waals surface area contributed by atoms with Crippen molar-refractivity contribution in [3.8, 4) is 5.75 Å². The predicted molar refractivity (Wildman–Crippen MR) is 118 cm³/mol. The van der Waals surface area contributed by atoms with Gasteiger partial charge in [0.15, 0.2) is 5.17 Å². The van der Waals surface area contributed by atoms with E-state index in [2.05, 4.69) is 10.3 Å². The van der Waals surface area contributed by atoms with Gasteiger partial charge < -0.3 is 10.1 Å². The van der Waals surface area contributed by atoms with Gasteiger partial charge in [-0.25, -0.2) is 4.99 Å². The fourth-order valence-corrected chi connectivity index (χ4v) is 4.16. The molecule has 2 aromatic rings. The number of thioether (sulfide) groups is 1. The highest BCUT2D eigenvalue weighted by Gasteiger charge is 2.37. The molecule has 8 heteroatoms. The zero-order chi connectivity index (χ0) is 21.1. The van der Waals surface area contributed by atoms with Crippen LogP contribution in [0.4, 0.5) is 11.4 Å². The summed E-state index contributed by atoms with van der Waals surface area (Å²) in [6.07, 6.45) is 0.0620. The van der Waals surface area contributed by atoms with Gasteiger partial charge in [-0.15, -0.1) is 0 Å². The van der Waals surface area contributed by atoms with E-state index in [9.17, 15) is 9.59 Å². The van der Waals surface area contributed by atoms with Gasteiger partial charge in [-0.3, -0.25) is 14.5 Å². The highest BCUT2D eigenvalue weighted by molar-refractivity contribution is 8.15. The lowest BCUT2D eigenvalue weighted by molar-refractivity contribution is -0.127. The Balaban J connectivity index is 1.72. The number of aliphatic imine (C=N–C) groups is 1. The summed E-state index contributed by atoms with van der Waals surface area (Å²) in [5.74, 6) is 0.179. The summed E-state index contributed by atoms with van der Waals surface area (Å²) in [4.78, 5) is 31.0. The Morgan fingerprint density at radius 2 is 2.00 bits per heavy atom. The summed E-state index contributed by atoms with van der Waals surface area (Å²) in [5.41, 5.74) is 3.50. The molecular formula is C21H22ClN3O3S. The molecule has 3 rings (SSSR count). The Morgan fingerprint density at radius 3 is 2.69 bits per heavy atom. The fourth-order valence-electron chi connectivity index (χ4n) is 2.85. The highest BCUT2D eigenvalue weighted by Crippen LogP contribution is 2.35. The first-order valence-electron chi connectivity index (χ1n) is 9.02. The number of aryl methyl sites for hydroxylation is 2. The van der Waals surface area contributed by atoms with Crippen molar-refractivity contribution in [2.24, 2.45) is 4.99 Å². The maximum atomic E-state index is 12.6. The molecule has 1 N–H and O–H groups in total. The molecule has 1 atom stereocenters. The maximum absolute atomic E-state index is 12.6. The average Bonchev–Trinajstić information content (AvgIpc) is 2.93. The number of benzene rings is 2. The Bertz CT molecular complexity index is 993. The first-order valence-corrected chi connectivity index (χ1v) is 10.3. The zero-order valence-corrected chi connectivity index (χ0v) is 18.2. The van der Waals surface area contributed by atoms with E-state index in [0.717, 1.165) is 16.8 Å². The third kappa shape index (κ3) is 4.92. The minimum atomic E-state index is -0.532. The molecule has 0 spiro atoms. The first-order chi connectivity index (χ1) is 13.8. The number of halogens is 1. The van der Waals surface area contributed by atoms with Gasteiger partial charge in [-0.05, 0) is 55.3 Å². The van der Waals surface area contributed by atoms with Crippen LogP contribution in [0.5, 0.6) is 5.75 Å². The van der Waals surface area contributed by atoms with Crippen LogP contribution in [0.2, 0.25) is 5.02 Å². The van der Waals surface area contributed by atoms with E-state index < -0.39 is 5.25 Å². The van der Waals surface area contributed by atoms with Gasteiger partial charge in [-0.1, -0.05) is 29.4 Å². The molecule has 0 unspecified atom stereocenters. The molecule has 1 aliphatic heterocycles. The smallest absolute Gasteiger partial charge is 0.242 e. The van der Waals surface area contributed by atoms with Gasteiger partial charge in [-0.2, -0.15) is 0 Å². The summed E-state index contributed by atoms with van der Waals surface area (Å²) in [6.45, 7) is 4.00. The second kappa shape index (κ2) is 8.88. The number of hydrogen-bond donors (Lipinski definition) is 1. The molecule has 2 aromatic carbocycles. The summed E-state index contributed by atoms with van der Waals surface area (Å²) in [7, 11) is 3.19. The molecule has 2 amide bonds. The molecule has 0 aliphatic carbocycles. The number of hydrogen-bond acceptors (Lipinski definition) is 5. The number of carbonyl (C=O) groups excluding carboxylic acids is 2. The molecule has 0 radical (unpaired) electrons. The number of nitrogens with one attached hydrogen (secondary N) is 1. The largest absolute Gasteiger partial charge is 0.494 e. The summed E-state index contributed by atoms with van der Waals surface area (Å²) < 4.78 is 5.31. The summed E-state index contributed by atoms with van der Waals surface area (Å²) in [5, 5.41) is 3.35. The van der Waals surface area contributed by atoms with Gasteiger partial charge in [0, 0.05) is 24.2 Å². The van der Waals surface area contributed by atoms with E-state index in [4.69, 9.17) is 16.3 Å². The second-order valence-electron chi connectivity index (χ2n) is 6.77. The fraction of sp³-hybridized carbons (Fsp3) is 0.286. The summed E-state index contributed by atoms with van der Waals surface area (Å²) >= 11 is 7.31. The van der Waals surface area contributed by atoms with Crippen molar-refractivity contribution in [2.45, 2.75) is 25.5 Å². The van der Waals surface area contributed by atoms with Crippen molar-refractivity contribution < 1.29 is 14.3 Å². The van der Waals surface area contributed by atoms with Crippen LogP contribution in [0.15, 0.2) is 41.4 Å². The SMILES string of the molecule is COc1ccc(Cl)cc1N=C1S[C@H](CC(=O)Nc2ccc(C)c(C)c2)C(=O)N1C. The van der Waals surface area contributed by atoms with Crippen LogP contribution >= 0.6 is 23.4 Å². The number of carbonyl (C=O) groups is 2. The van der Waals surface area contributed by atoms with E-state index in [-0.39, 0.29) is 18.2 Å². The first kappa shape index (κ1) is 21.2. The number of anilines is 1. The van der Waals surface area contributed by atoms with Crippen molar-refractivity contribution in [3.05, 3.63) is 52.5 Å². The van der Waals surface area contributed by atoms with Gasteiger partial charge in [0.1, 0.15) is 16.7 Å². The molecule has 1 heterocycles. The topological polar surface area (TPSA) is 71.0 Å². The molecule has 0 aromatic heterocycles. The van der Waals surface area contributed by atoms with Gasteiger partial charge in [0.2, 0.25) is 11.8 Å². The second-order valence-corrected chi connectivity index (χ2v) is 8.37. The van der Waals surface area contributed by atoms with Crippen molar-refractivity contribution in [1.82, 2.24) is 4.90 Å². The summed E-state index contributed by atoms with van der Waals surface area (Å²) in [6, 6.07) is 10.8. The lowest BCUT2D eigenvalue weighted by Gasteiger charge is -2.10. The Kier molecular flexibility index (Phi) is 6.49. The van der Waals surface area contributed by atoms with Crippen LogP contribution in [0, 0.1) is 13.8 Å².